The molecule has 0 bridgehead atoms. The molecule has 11 aromatic rings. The quantitative estimate of drug-likeness (QED) is 0.138. The summed E-state index contributed by atoms with van der Waals surface area (Å²) in [6.45, 7) is 2.27. The first-order valence-corrected chi connectivity index (χ1v) is 23.4. The number of para-hydroxylation sites is 1. The van der Waals surface area contributed by atoms with Crippen molar-refractivity contribution < 1.29 is 0 Å². The Bertz CT molecular complexity index is 3580. The van der Waals surface area contributed by atoms with Gasteiger partial charge in [0.2, 0.25) is 0 Å². The molecule has 0 fully saturated rings. The number of nitrogens with zero attached hydrogens (tertiary/aromatic N) is 2. The maximum absolute atomic E-state index is 5.65. The predicted molar refractivity (Wildman–Crippen MR) is 280 cm³/mol. The highest BCUT2D eigenvalue weighted by molar-refractivity contribution is 6.29. The summed E-state index contributed by atoms with van der Waals surface area (Å²) in [5.41, 5.74) is 20.7. The lowest BCUT2D eigenvalue weighted by Crippen LogP contribution is -2.21. The Labute approximate surface area is 392 Å². The van der Waals surface area contributed by atoms with E-state index in [-0.39, 0.29) is 12.0 Å². The van der Waals surface area contributed by atoms with Crippen molar-refractivity contribution in [3.63, 3.8) is 0 Å². The highest BCUT2D eigenvalue weighted by atomic mass is 15.0. The molecule has 0 saturated heterocycles. The van der Waals surface area contributed by atoms with Crippen LogP contribution in [0, 0.1) is 12.1 Å². The van der Waals surface area contributed by atoms with E-state index in [0.29, 0.717) is 0 Å². The van der Waals surface area contributed by atoms with Crippen LogP contribution in [0.5, 0.6) is 0 Å². The summed E-state index contributed by atoms with van der Waals surface area (Å²) in [7, 11) is 0. The molecule has 12 rings (SSSR count). The average Bonchev–Trinajstić information content (AvgIpc) is 3.76. The third-order valence-electron chi connectivity index (χ3n) is 13.6. The molecule has 2 nitrogen and oxygen atoms in total. The Kier molecular flexibility index (Phi) is 10.2. The van der Waals surface area contributed by atoms with Crippen LogP contribution in [-0.2, 0) is 0 Å². The maximum Gasteiger partial charge on any atom is 0.0825 e. The Morgan fingerprint density at radius 3 is 1.58 bits per heavy atom. The Hall–Kier alpha value is -8.51. The summed E-state index contributed by atoms with van der Waals surface area (Å²) in [6.07, 6.45) is 0.973. The molecule has 2 atom stereocenters. The van der Waals surface area contributed by atoms with Gasteiger partial charge in [-0.25, -0.2) is 0 Å². The van der Waals surface area contributed by atoms with E-state index in [1.807, 2.05) is 6.07 Å². The molecule has 1 aliphatic rings. The van der Waals surface area contributed by atoms with Crippen molar-refractivity contribution in [2.75, 3.05) is 0 Å². The molecule has 0 aliphatic carbocycles. The minimum atomic E-state index is -0.0134. The van der Waals surface area contributed by atoms with Crippen LogP contribution in [0.2, 0.25) is 0 Å². The van der Waals surface area contributed by atoms with Gasteiger partial charge in [-0.15, -0.1) is 0 Å². The van der Waals surface area contributed by atoms with Crippen molar-refractivity contribution in [1.82, 2.24) is 4.57 Å². The smallest absolute Gasteiger partial charge is 0.0825 e. The maximum atomic E-state index is 5.65. The van der Waals surface area contributed by atoms with Gasteiger partial charge in [0, 0.05) is 44.6 Å². The largest absolute Gasteiger partial charge is 0.309 e. The monoisotopic (exact) mass is 854 g/mol. The van der Waals surface area contributed by atoms with E-state index in [0.717, 1.165) is 56.7 Å². The van der Waals surface area contributed by atoms with E-state index < -0.39 is 0 Å². The fourth-order valence-corrected chi connectivity index (χ4v) is 10.8. The van der Waals surface area contributed by atoms with Gasteiger partial charge in [0.15, 0.2) is 0 Å². The van der Waals surface area contributed by atoms with Gasteiger partial charge in [0.05, 0.1) is 28.4 Å². The number of rotatable bonds is 9. The molecule has 2 heterocycles. The van der Waals surface area contributed by atoms with Crippen LogP contribution >= 0.6 is 0 Å². The van der Waals surface area contributed by atoms with Crippen LogP contribution in [0.4, 0.5) is 0 Å². The van der Waals surface area contributed by atoms with Gasteiger partial charge < -0.3 is 4.57 Å². The average molecular weight is 855 g/mol. The minimum Gasteiger partial charge on any atom is -0.309 e. The molecule has 2 heteroatoms. The van der Waals surface area contributed by atoms with Gasteiger partial charge in [0.25, 0.3) is 0 Å². The molecule has 316 valence electrons. The molecular weight excluding hydrogens is 809 g/mol. The number of fused-ring (bicyclic) bond motifs is 4. The first-order chi connectivity index (χ1) is 33.3. The predicted octanol–water partition coefficient (Wildman–Crippen LogP) is 16.8. The fraction of sp³-hybridized carbons (Fsp3) is 0.0615. The summed E-state index contributed by atoms with van der Waals surface area (Å²) < 4.78 is 2.52. The van der Waals surface area contributed by atoms with E-state index in [1.54, 1.807) is 0 Å². The van der Waals surface area contributed by atoms with Crippen molar-refractivity contribution in [3.05, 3.63) is 271 Å². The standard InChI is InChI=1S/C65H46N2/c1-2-52-54-39-21-22-40-55(54)64(66-63(52)48-33-17-7-18-34-48)50-36-23-35-49(43-50)53-41-24-42-56-61(53)62-59(46-29-13-5-14-30-46)57(44-25-9-3-10-26-44)58(45-27-11-4-12-28-45)60(47-31-15-6-16-32-47)65(62)67(56)51-37-19-8-20-38-51/h3-21,23-39,41-43,52,63H,2H2,1H3. The van der Waals surface area contributed by atoms with Crippen molar-refractivity contribution in [2.45, 2.75) is 25.3 Å². The number of hydrogen-bond donors (Lipinski definition) is 0. The topological polar surface area (TPSA) is 17.3 Å². The molecule has 2 unspecified atom stereocenters. The minimum absolute atomic E-state index is 0.0134. The summed E-state index contributed by atoms with van der Waals surface area (Å²) in [6, 6.07) is 92.7. The van der Waals surface area contributed by atoms with Crippen LogP contribution in [-0.4, -0.2) is 10.3 Å². The van der Waals surface area contributed by atoms with Crippen LogP contribution in [0.3, 0.4) is 0 Å². The number of aromatic nitrogens is 1. The van der Waals surface area contributed by atoms with Crippen molar-refractivity contribution in [3.8, 4) is 61.3 Å². The Morgan fingerprint density at radius 1 is 0.463 bits per heavy atom. The van der Waals surface area contributed by atoms with Crippen molar-refractivity contribution in [1.29, 1.82) is 0 Å². The molecule has 10 aromatic carbocycles. The number of benzene rings is 9. The van der Waals surface area contributed by atoms with Gasteiger partial charge in [-0.05, 0) is 92.9 Å². The second-order valence-electron chi connectivity index (χ2n) is 17.4. The van der Waals surface area contributed by atoms with Gasteiger partial charge >= 0.3 is 0 Å². The first-order valence-electron chi connectivity index (χ1n) is 23.4. The van der Waals surface area contributed by atoms with E-state index in [2.05, 4.69) is 254 Å². The van der Waals surface area contributed by atoms with Crippen LogP contribution < -0.4 is 0 Å². The lowest BCUT2D eigenvalue weighted by atomic mass is 9.78. The fourth-order valence-electron chi connectivity index (χ4n) is 10.8. The van der Waals surface area contributed by atoms with E-state index in [1.165, 1.54) is 60.8 Å². The van der Waals surface area contributed by atoms with Crippen LogP contribution in [0.25, 0.3) is 83.1 Å². The van der Waals surface area contributed by atoms with Crippen molar-refractivity contribution >= 4 is 27.5 Å². The molecule has 0 N–H and O–H groups in total. The zero-order chi connectivity index (χ0) is 44.7. The van der Waals surface area contributed by atoms with Gasteiger partial charge in [-0.2, -0.15) is 0 Å². The summed E-state index contributed by atoms with van der Waals surface area (Å²) in [5, 5.41) is 2.41. The second kappa shape index (κ2) is 17.1. The normalized spacial score (nSPS) is 14.4. The Balaban J connectivity index is 1.24. The molecule has 0 amide bonds. The van der Waals surface area contributed by atoms with E-state index in [9.17, 15) is 0 Å². The van der Waals surface area contributed by atoms with Gasteiger partial charge in [0.1, 0.15) is 0 Å². The zero-order valence-electron chi connectivity index (χ0n) is 37.3. The van der Waals surface area contributed by atoms with Gasteiger partial charge in [-0.1, -0.05) is 219 Å². The summed E-state index contributed by atoms with van der Waals surface area (Å²) in [4.78, 5) is 5.65. The summed E-state index contributed by atoms with van der Waals surface area (Å²) in [5.74, 6) is 0.239. The molecule has 0 saturated carbocycles. The molecule has 1 aromatic heterocycles. The molecular formula is C65H46N2. The van der Waals surface area contributed by atoms with E-state index >= 15 is 0 Å². The first kappa shape index (κ1) is 40.0. The molecule has 0 radical (unpaired) electrons. The lowest BCUT2D eigenvalue weighted by molar-refractivity contribution is 0.533. The van der Waals surface area contributed by atoms with Gasteiger partial charge in [-0.3, -0.25) is 4.99 Å². The van der Waals surface area contributed by atoms with Crippen LogP contribution in [0.15, 0.2) is 242 Å². The summed E-state index contributed by atoms with van der Waals surface area (Å²) >= 11 is 0. The van der Waals surface area contributed by atoms with E-state index in [4.69, 9.17) is 4.99 Å². The molecule has 67 heavy (non-hydrogen) atoms. The molecule has 1 aliphatic heterocycles. The van der Waals surface area contributed by atoms with Crippen LogP contribution in [0.1, 0.15) is 47.6 Å². The highest BCUT2D eigenvalue weighted by Gasteiger charge is 2.33. The third kappa shape index (κ3) is 6.87. The number of hydrogen-bond acceptors (Lipinski definition) is 1. The SMILES string of the molecule is CCC1c2ccc#cc2C(c2cccc(-c3cccc4c3c3c(-c5ccccc5)c(-c5ccccc5)c(-c5ccccc5)c(-c5ccccc5)c3n4-c3ccccc3)c2)=NC1c1ccccc1. The second-order valence-corrected chi connectivity index (χ2v) is 17.4. The Morgan fingerprint density at radius 2 is 0.970 bits per heavy atom. The van der Waals surface area contributed by atoms with Crippen molar-refractivity contribution in [2.24, 2.45) is 4.99 Å². The number of aliphatic imine (C=N–C) groups is 1. The highest BCUT2D eigenvalue weighted by Crippen LogP contribution is 2.55. The third-order valence-corrected chi connectivity index (χ3v) is 13.6. The lowest BCUT2D eigenvalue weighted by Gasteiger charge is -2.31. The molecule has 0 spiro atoms. The zero-order valence-corrected chi connectivity index (χ0v) is 37.3.